The van der Waals surface area contributed by atoms with Crippen molar-refractivity contribution in [3.05, 3.63) is 53.6 Å². The number of ether oxygens (including phenoxy) is 3. The maximum atomic E-state index is 12.2. The molecule has 2 aromatic rings. The summed E-state index contributed by atoms with van der Waals surface area (Å²) in [6.45, 7) is 0. The summed E-state index contributed by atoms with van der Waals surface area (Å²) in [4.78, 5) is 12.2. The molecule has 5 heteroatoms. The van der Waals surface area contributed by atoms with E-state index in [-0.39, 0.29) is 5.78 Å². The summed E-state index contributed by atoms with van der Waals surface area (Å²) in [5.74, 6) is 1.39. The van der Waals surface area contributed by atoms with Gasteiger partial charge < -0.3 is 19.9 Å². The fraction of sp³-hybridized carbons (Fsp3) is 0.167. The molecule has 0 aliphatic rings. The SMILES string of the molecule is COc1cc(/C=C/C(=O)c2ccccc2N)cc(OC)c1OC. The molecule has 2 aromatic carbocycles. The molecule has 0 aromatic heterocycles. The van der Waals surface area contributed by atoms with Gasteiger partial charge >= 0.3 is 0 Å². The molecule has 0 saturated heterocycles. The molecular formula is C18H19NO4. The van der Waals surface area contributed by atoms with Crippen LogP contribution in [-0.2, 0) is 0 Å². The van der Waals surface area contributed by atoms with E-state index in [4.69, 9.17) is 19.9 Å². The van der Waals surface area contributed by atoms with Crippen molar-refractivity contribution in [2.45, 2.75) is 0 Å². The fourth-order valence-electron chi connectivity index (χ4n) is 2.18. The van der Waals surface area contributed by atoms with Crippen molar-refractivity contribution in [1.82, 2.24) is 0 Å². The largest absolute Gasteiger partial charge is 0.493 e. The van der Waals surface area contributed by atoms with Crippen LogP contribution < -0.4 is 19.9 Å². The van der Waals surface area contributed by atoms with Crippen molar-refractivity contribution >= 4 is 17.5 Å². The zero-order valence-electron chi connectivity index (χ0n) is 13.3. The van der Waals surface area contributed by atoms with Crippen LogP contribution >= 0.6 is 0 Å². The first-order chi connectivity index (χ1) is 11.1. The molecule has 0 radical (unpaired) electrons. The van der Waals surface area contributed by atoms with Crippen molar-refractivity contribution in [1.29, 1.82) is 0 Å². The Kier molecular flexibility index (Phi) is 5.25. The number of allylic oxidation sites excluding steroid dienone is 1. The van der Waals surface area contributed by atoms with E-state index < -0.39 is 0 Å². The fourth-order valence-corrected chi connectivity index (χ4v) is 2.18. The Labute approximate surface area is 135 Å². The lowest BCUT2D eigenvalue weighted by molar-refractivity contribution is 0.104. The smallest absolute Gasteiger partial charge is 0.203 e. The maximum Gasteiger partial charge on any atom is 0.203 e. The quantitative estimate of drug-likeness (QED) is 0.504. The third-order valence-corrected chi connectivity index (χ3v) is 3.34. The standard InChI is InChI=1S/C18H19NO4/c1-21-16-10-12(11-17(22-2)18(16)23-3)8-9-15(20)13-6-4-5-7-14(13)19/h4-11H,19H2,1-3H3/b9-8+. The molecule has 0 saturated carbocycles. The zero-order chi connectivity index (χ0) is 16.8. The molecule has 2 N–H and O–H groups in total. The topological polar surface area (TPSA) is 70.8 Å². The van der Waals surface area contributed by atoms with Crippen LogP contribution in [0.15, 0.2) is 42.5 Å². The Morgan fingerprint density at radius 2 is 1.61 bits per heavy atom. The molecule has 0 aliphatic heterocycles. The van der Waals surface area contributed by atoms with E-state index in [0.29, 0.717) is 28.5 Å². The Hall–Kier alpha value is -2.95. The van der Waals surface area contributed by atoms with Gasteiger partial charge in [0.1, 0.15) is 0 Å². The van der Waals surface area contributed by atoms with Crippen molar-refractivity contribution in [3.63, 3.8) is 0 Å². The van der Waals surface area contributed by atoms with Gasteiger partial charge in [-0.25, -0.2) is 0 Å². The number of carbonyl (C=O) groups is 1. The van der Waals surface area contributed by atoms with E-state index in [9.17, 15) is 4.79 Å². The Balaban J connectivity index is 2.32. The van der Waals surface area contributed by atoms with Crippen molar-refractivity contribution in [2.75, 3.05) is 27.1 Å². The minimum absolute atomic E-state index is 0.170. The normalized spacial score (nSPS) is 10.6. The van der Waals surface area contributed by atoms with Gasteiger partial charge in [-0.1, -0.05) is 18.2 Å². The van der Waals surface area contributed by atoms with Gasteiger partial charge in [-0.2, -0.15) is 0 Å². The molecule has 0 aliphatic carbocycles. The van der Waals surface area contributed by atoms with Crippen molar-refractivity contribution < 1.29 is 19.0 Å². The summed E-state index contributed by atoms with van der Waals surface area (Å²) >= 11 is 0. The molecular weight excluding hydrogens is 294 g/mol. The van der Waals surface area contributed by atoms with Gasteiger partial charge in [0.15, 0.2) is 17.3 Å². The first-order valence-electron chi connectivity index (χ1n) is 6.97. The van der Waals surface area contributed by atoms with Crippen LogP contribution in [0.1, 0.15) is 15.9 Å². The molecule has 0 amide bonds. The maximum absolute atomic E-state index is 12.2. The third kappa shape index (κ3) is 3.63. The summed E-state index contributed by atoms with van der Waals surface area (Å²) < 4.78 is 15.8. The molecule has 5 nitrogen and oxygen atoms in total. The third-order valence-electron chi connectivity index (χ3n) is 3.34. The summed E-state index contributed by atoms with van der Waals surface area (Å²) in [7, 11) is 4.62. The van der Waals surface area contributed by atoms with Gasteiger partial charge in [0.2, 0.25) is 5.75 Å². The van der Waals surface area contributed by atoms with Gasteiger partial charge in [-0.05, 0) is 35.9 Å². The first-order valence-corrected chi connectivity index (χ1v) is 6.97. The summed E-state index contributed by atoms with van der Waals surface area (Å²) in [6, 6.07) is 10.5. The first kappa shape index (κ1) is 16.4. The highest BCUT2D eigenvalue weighted by atomic mass is 16.5. The molecule has 0 atom stereocenters. The number of nitrogen functional groups attached to an aromatic ring is 1. The number of carbonyl (C=O) groups excluding carboxylic acids is 1. The van der Waals surface area contributed by atoms with E-state index >= 15 is 0 Å². The predicted octanol–water partition coefficient (Wildman–Crippen LogP) is 3.19. The number of rotatable bonds is 6. The van der Waals surface area contributed by atoms with Crippen LogP contribution in [0.2, 0.25) is 0 Å². The molecule has 23 heavy (non-hydrogen) atoms. The highest BCUT2D eigenvalue weighted by Gasteiger charge is 2.12. The minimum atomic E-state index is -0.170. The molecule has 120 valence electrons. The highest BCUT2D eigenvalue weighted by Crippen LogP contribution is 2.38. The second kappa shape index (κ2) is 7.35. The Morgan fingerprint density at radius 1 is 1.00 bits per heavy atom. The van der Waals surface area contributed by atoms with Crippen LogP contribution in [0.25, 0.3) is 6.08 Å². The molecule has 0 fully saturated rings. The van der Waals surface area contributed by atoms with Gasteiger partial charge in [-0.15, -0.1) is 0 Å². The average Bonchev–Trinajstić information content (AvgIpc) is 2.58. The number of anilines is 1. The van der Waals surface area contributed by atoms with Crippen molar-refractivity contribution in [3.8, 4) is 17.2 Å². The van der Waals surface area contributed by atoms with E-state index in [1.165, 1.54) is 13.2 Å². The molecule has 2 rings (SSSR count). The van der Waals surface area contributed by atoms with Gasteiger partial charge in [0.25, 0.3) is 0 Å². The molecule has 0 unspecified atom stereocenters. The second-order valence-corrected chi connectivity index (χ2v) is 4.74. The van der Waals surface area contributed by atoms with Crippen LogP contribution in [-0.4, -0.2) is 27.1 Å². The predicted molar refractivity (Wildman–Crippen MR) is 90.3 cm³/mol. The average molecular weight is 313 g/mol. The summed E-state index contributed by atoms with van der Waals surface area (Å²) in [5.41, 5.74) is 7.48. The van der Waals surface area contributed by atoms with Crippen LogP contribution in [0.4, 0.5) is 5.69 Å². The number of methoxy groups -OCH3 is 3. The van der Waals surface area contributed by atoms with Crippen molar-refractivity contribution in [2.24, 2.45) is 0 Å². The number of benzene rings is 2. The van der Waals surface area contributed by atoms with Gasteiger partial charge in [0.05, 0.1) is 21.3 Å². The Morgan fingerprint density at radius 3 is 2.13 bits per heavy atom. The van der Waals surface area contributed by atoms with E-state index in [1.54, 1.807) is 56.7 Å². The number of para-hydroxylation sites is 1. The van der Waals surface area contributed by atoms with E-state index in [0.717, 1.165) is 5.56 Å². The molecule has 0 bridgehead atoms. The number of nitrogens with two attached hydrogens (primary N) is 1. The highest BCUT2D eigenvalue weighted by molar-refractivity contribution is 6.10. The van der Waals surface area contributed by atoms with E-state index in [1.807, 2.05) is 0 Å². The molecule has 0 spiro atoms. The monoisotopic (exact) mass is 313 g/mol. The zero-order valence-corrected chi connectivity index (χ0v) is 13.3. The number of hydrogen-bond acceptors (Lipinski definition) is 5. The van der Waals surface area contributed by atoms with Crippen LogP contribution in [0.5, 0.6) is 17.2 Å². The van der Waals surface area contributed by atoms with E-state index in [2.05, 4.69) is 0 Å². The van der Waals surface area contributed by atoms with Gasteiger partial charge in [-0.3, -0.25) is 4.79 Å². The second-order valence-electron chi connectivity index (χ2n) is 4.74. The summed E-state index contributed by atoms with van der Waals surface area (Å²) in [5, 5.41) is 0. The number of ketones is 1. The lowest BCUT2D eigenvalue weighted by Gasteiger charge is -2.12. The summed E-state index contributed by atoms with van der Waals surface area (Å²) in [6.07, 6.45) is 3.14. The number of hydrogen-bond donors (Lipinski definition) is 1. The Bertz CT molecular complexity index is 713. The lowest BCUT2D eigenvalue weighted by atomic mass is 10.1. The lowest BCUT2D eigenvalue weighted by Crippen LogP contribution is -2.00. The minimum Gasteiger partial charge on any atom is -0.493 e. The van der Waals surface area contributed by atoms with Gasteiger partial charge in [0, 0.05) is 11.3 Å². The van der Waals surface area contributed by atoms with Crippen LogP contribution in [0, 0.1) is 0 Å². The van der Waals surface area contributed by atoms with Crippen LogP contribution in [0.3, 0.4) is 0 Å². The molecule has 0 heterocycles.